The van der Waals surface area contributed by atoms with Crippen LogP contribution in [0.2, 0.25) is 5.02 Å². The van der Waals surface area contributed by atoms with E-state index in [1.54, 1.807) is 6.07 Å². The molecule has 2 aliphatic rings. The summed E-state index contributed by atoms with van der Waals surface area (Å²) in [5, 5.41) is 9.82. The molecule has 0 amide bonds. The predicted molar refractivity (Wildman–Crippen MR) is 64.8 cm³/mol. The maximum Gasteiger partial charge on any atom is 0.251 e. The summed E-state index contributed by atoms with van der Waals surface area (Å²) in [4.78, 5) is 0. The SMILES string of the molecule is CC(CO)c1cc2c(cc1Cl)OC1(CCC1)O2. The maximum atomic E-state index is 9.19. The summed E-state index contributed by atoms with van der Waals surface area (Å²) in [5.41, 5.74) is 0.910. The fourth-order valence-electron chi connectivity index (χ4n) is 2.28. The molecule has 1 saturated carbocycles. The summed E-state index contributed by atoms with van der Waals surface area (Å²) in [6.07, 6.45) is 3.01. The van der Waals surface area contributed by atoms with Gasteiger partial charge in [-0.2, -0.15) is 0 Å². The lowest BCUT2D eigenvalue weighted by molar-refractivity contribution is -0.138. The van der Waals surface area contributed by atoms with Gasteiger partial charge in [0.25, 0.3) is 5.79 Å². The Morgan fingerprint density at radius 3 is 2.53 bits per heavy atom. The standard InChI is InChI=1S/C13H15ClO3/c1-8(7-15)9-5-11-12(6-10(9)14)17-13(16-11)3-2-4-13/h5-6,8,15H,2-4,7H2,1H3. The van der Waals surface area contributed by atoms with Crippen LogP contribution in [0.1, 0.15) is 37.7 Å². The molecule has 0 radical (unpaired) electrons. The van der Waals surface area contributed by atoms with Crippen molar-refractivity contribution >= 4 is 11.6 Å². The van der Waals surface area contributed by atoms with E-state index < -0.39 is 5.79 Å². The lowest BCUT2D eigenvalue weighted by Crippen LogP contribution is -2.45. The second-order valence-electron chi connectivity index (χ2n) is 4.87. The summed E-state index contributed by atoms with van der Waals surface area (Å²) in [6, 6.07) is 3.69. The van der Waals surface area contributed by atoms with Gasteiger partial charge in [0.15, 0.2) is 11.5 Å². The van der Waals surface area contributed by atoms with Gasteiger partial charge in [0.1, 0.15) is 0 Å². The molecular formula is C13H15ClO3. The first kappa shape index (κ1) is 11.2. The van der Waals surface area contributed by atoms with Crippen LogP contribution in [-0.4, -0.2) is 17.5 Å². The van der Waals surface area contributed by atoms with Crippen molar-refractivity contribution in [3.8, 4) is 11.5 Å². The fourth-order valence-corrected chi connectivity index (χ4v) is 2.62. The Bertz CT molecular complexity index is 454. The molecule has 1 fully saturated rings. The number of rotatable bonds is 2. The molecule has 1 N–H and O–H groups in total. The van der Waals surface area contributed by atoms with Crippen LogP contribution in [-0.2, 0) is 0 Å². The molecule has 1 spiro atoms. The van der Waals surface area contributed by atoms with Gasteiger partial charge >= 0.3 is 0 Å². The zero-order valence-corrected chi connectivity index (χ0v) is 10.5. The molecule has 1 aliphatic carbocycles. The highest BCUT2D eigenvalue weighted by molar-refractivity contribution is 6.31. The molecule has 92 valence electrons. The number of aliphatic hydroxyl groups excluding tert-OH is 1. The molecule has 4 heteroatoms. The van der Waals surface area contributed by atoms with Gasteiger partial charge in [0.05, 0.1) is 0 Å². The molecule has 1 heterocycles. The molecule has 1 aromatic rings. The lowest BCUT2D eigenvalue weighted by atomic mass is 9.91. The van der Waals surface area contributed by atoms with Crippen molar-refractivity contribution < 1.29 is 14.6 Å². The number of fused-ring (bicyclic) bond motifs is 1. The van der Waals surface area contributed by atoms with Crippen LogP contribution >= 0.6 is 11.6 Å². The first-order valence-corrected chi connectivity index (χ1v) is 6.34. The van der Waals surface area contributed by atoms with Crippen molar-refractivity contribution in [2.75, 3.05) is 6.61 Å². The zero-order valence-electron chi connectivity index (χ0n) is 9.70. The number of hydrogen-bond acceptors (Lipinski definition) is 3. The van der Waals surface area contributed by atoms with Crippen LogP contribution in [0, 0.1) is 0 Å². The van der Waals surface area contributed by atoms with Crippen molar-refractivity contribution in [1.29, 1.82) is 0 Å². The minimum absolute atomic E-state index is 0.00865. The molecule has 0 bridgehead atoms. The van der Waals surface area contributed by atoms with E-state index in [4.69, 9.17) is 21.1 Å². The van der Waals surface area contributed by atoms with Gasteiger partial charge in [0.2, 0.25) is 0 Å². The topological polar surface area (TPSA) is 38.7 Å². The Morgan fingerprint density at radius 2 is 2.00 bits per heavy atom. The predicted octanol–water partition coefficient (Wildman–Crippen LogP) is 3.09. The van der Waals surface area contributed by atoms with Gasteiger partial charge in [-0.1, -0.05) is 18.5 Å². The summed E-state index contributed by atoms with van der Waals surface area (Å²) in [5.74, 6) is 1.06. The average Bonchev–Trinajstić information content (AvgIpc) is 2.65. The number of benzene rings is 1. The summed E-state index contributed by atoms with van der Waals surface area (Å²) < 4.78 is 11.7. The van der Waals surface area contributed by atoms with Crippen LogP contribution in [0.15, 0.2) is 12.1 Å². The van der Waals surface area contributed by atoms with Gasteiger partial charge < -0.3 is 14.6 Å². The van der Waals surface area contributed by atoms with Gasteiger partial charge in [0, 0.05) is 36.5 Å². The second-order valence-corrected chi connectivity index (χ2v) is 5.28. The van der Waals surface area contributed by atoms with E-state index in [9.17, 15) is 5.11 Å². The van der Waals surface area contributed by atoms with Crippen molar-refractivity contribution in [2.24, 2.45) is 0 Å². The van der Waals surface area contributed by atoms with E-state index in [2.05, 4.69) is 0 Å². The smallest absolute Gasteiger partial charge is 0.251 e. The molecule has 17 heavy (non-hydrogen) atoms. The van der Waals surface area contributed by atoms with Gasteiger partial charge in [-0.3, -0.25) is 0 Å². The van der Waals surface area contributed by atoms with Crippen molar-refractivity contribution in [2.45, 2.75) is 37.9 Å². The Kier molecular flexibility index (Phi) is 2.49. The largest absolute Gasteiger partial charge is 0.448 e. The minimum atomic E-state index is -0.424. The highest BCUT2D eigenvalue weighted by Gasteiger charge is 2.47. The monoisotopic (exact) mass is 254 g/mol. The van der Waals surface area contributed by atoms with Crippen molar-refractivity contribution in [1.82, 2.24) is 0 Å². The molecule has 0 saturated heterocycles. The highest BCUT2D eigenvalue weighted by Crippen LogP contribution is 2.50. The summed E-state index contributed by atoms with van der Waals surface area (Å²) in [6.45, 7) is 2.01. The third-order valence-electron chi connectivity index (χ3n) is 3.58. The zero-order chi connectivity index (χ0) is 12.0. The molecule has 1 aliphatic heterocycles. The molecule has 0 aromatic heterocycles. The number of hydrogen-bond donors (Lipinski definition) is 1. The van der Waals surface area contributed by atoms with Crippen LogP contribution in [0.5, 0.6) is 11.5 Å². The normalized spacial score (nSPS) is 21.4. The van der Waals surface area contributed by atoms with Crippen molar-refractivity contribution in [3.05, 3.63) is 22.7 Å². The van der Waals surface area contributed by atoms with Crippen LogP contribution < -0.4 is 9.47 Å². The van der Waals surface area contributed by atoms with E-state index in [1.165, 1.54) is 0 Å². The van der Waals surface area contributed by atoms with E-state index in [0.29, 0.717) is 5.02 Å². The fraction of sp³-hybridized carbons (Fsp3) is 0.538. The Labute approximate surface area is 105 Å². The highest BCUT2D eigenvalue weighted by atomic mass is 35.5. The van der Waals surface area contributed by atoms with E-state index in [1.807, 2.05) is 13.0 Å². The minimum Gasteiger partial charge on any atom is -0.448 e. The maximum absolute atomic E-state index is 9.19. The third kappa shape index (κ3) is 1.69. The Morgan fingerprint density at radius 1 is 1.35 bits per heavy atom. The molecule has 3 nitrogen and oxygen atoms in total. The molecule has 1 atom stereocenters. The molecular weight excluding hydrogens is 240 g/mol. The molecule has 3 rings (SSSR count). The summed E-state index contributed by atoms with van der Waals surface area (Å²) in [7, 11) is 0. The van der Waals surface area contributed by atoms with E-state index in [-0.39, 0.29) is 12.5 Å². The van der Waals surface area contributed by atoms with Gasteiger partial charge in [-0.05, 0) is 18.1 Å². The average molecular weight is 255 g/mol. The summed E-state index contributed by atoms with van der Waals surface area (Å²) >= 11 is 6.19. The van der Waals surface area contributed by atoms with E-state index in [0.717, 1.165) is 36.3 Å². The lowest BCUT2D eigenvalue weighted by Gasteiger charge is -2.35. The van der Waals surface area contributed by atoms with Crippen LogP contribution in [0.3, 0.4) is 0 Å². The van der Waals surface area contributed by atoms with Gasteiger partial charge in [-0.15, -0.1) is 0 Å². The number of aliphatic hydroxyl groups is 1. The molecule has 1 unspecified atom stereocenters. The number of ether oxygens (including phenoxy) is 2. The van der Waals surface area contributed by atoms with Crippen LogP contribution in [0.4, 0.5) is 0 Å². The molecule has 1 aromatic carbocycles. The first-order chi connectivity index (χ1) is 8.13. The quantitative estimate of drug-likeness (QED) is 0.882. The second kappa shape index (κ2) is 3.79. The van der Waals surface area contributed by atoms with E-state index >= 15 is 0 Å². The van der Waals surface area contributed by atoms with Gasteiger partial charge in [-0.25, -0.2) is 0 Å². The Balaban J connectivity index is 1.95. The Hall–Kier alpha value is -0.930. The number of halogens is 1. The van der Waals surface area contributed by atoms with Crippen molar-refractivity contribution in [3.63, 3.8) is 0 Å². The third-order valence-corrected chi connectivity index (χ3v) is 3.90. The van der Waals surface area contributed by atoms with Crippen LogP contribution in [0.25, 0.3) is 0 Å². The first-order valence-electron chi connectivity index (χ1n) is 5.96.